The van der Waals surface area contributed by atoms with E-state index in [1.807, 2.05) is 13.8 Å². The van der Waals surface area contributed by atoms with Crippen molar-refractivity contribution in [3.63, 3.8) is 0 Å². The molecule has 6 heteroatoms. The minimum atomic E-state index is -3.45. The fraction of sp³-hybridized carbons (Fsp3) is 0.538. The molecule has 0 radical (unpaired) electrons. The van der Waals surface area contributed by atoms with Crippen LogP contribution in [0.1, 0.15) is 19.4 Å². The van der Waals surface area contributed by atoms with Gasteiger partial charge in [-0.3, -0.25) is 0 Å². The van der Waals surface area contributed by atoms with E-state index in [4.69, 9.17) is 16.3 Å². The molecule has 0 bridgehead atoms. The maximum atomic E-state index is 12.5. The highest BCUT2D eigenvalue weighted by Crippen LogP contribution is 2.23. The van der Waals surface area contributed by atoms with Gasteiger partial charge in [0.15, 0.2) is 0 Å². The molecule has 0 aromatic heterocycles. The highest BCUT2D eigenvalue weighted by molar-refractivity contribution is 7.89. The van der Waals surface area contributed by atoms with Gasteiger partial charge in [-0.1, -0.05) is 12.1 Å². The van der Waals surface area contributed by atoms with Crippen molar-refractivity contribution in [3.05, 3.63) is 29.8 Å². The number of halogens is 1. The second-order valence-electron chi connectivity index (χ2n) is 5.22. The van der Waals surface area contributed by atoms with Gasteiger partial charge in [-0.2, -0.15) is 4.31 Å². The first kappa shape index (κ1) is 14.8. The quantitative estimate of drug-likeness (QED) is 0.805. The molecule has 1 heterocycles. The summed E-state index contributed by atoms with van der Waals surface area (Å²) in [6, 6.07) is 6.70. The van der Waals surface area contributed by atoms with Crippen LogP contribution in [0.2, 0.25) is 0 Å². The summed E-state index contributed by atoms with van der Waals surface area (Å²) in [7, 11) is -3.45. The van der Waals surface area contributed by atoms with E-state index in [2.05, 4.69) is 0 Å². The summed E-state index contributed by atoms with van der Waals surface area (Å²) in [4.78, 5) is 0.305. The molecule has 1 aromatic rings. The summed E-state index contributed by atoms with van der Waals surface area (Å²) in [5, 5.41) is 0. The van der Waals surface area contributed by atoms with Gasteiger partial charge in [-0.05, 0) is 31.5 Å². The Morgan fingerprint density at radius 2 is 1.95 bits per heavy atom. The Hall–Kier alpha value is -0.620. The smallest absolute Gasteiger partial charge is 0.243 e. The van der Waals surface area contributed by atoms with Crippen LogP contribution in [0.25, 0.3) is 0 Å². The van der Waals surface area contributed by atoms with E-state index >= 15 is 0 Å². The number of hydrogen-bond donors (Lipinski definition) is 0. The second-order valence-corrected chi connectivity index (χ2v) is 7.43. The Balaban J connectivity index is 2.26. The van der Waals surface area contributed by atoms with E-state index in [9.17, 15) is 8.42 Å². The molecule has 1 fully saturated rings. The molecule has 4 nitrogen and oxygen atoms in total. The van der Waals surface area contributed by atoms with Gasteiger partial charge in [0.25, 0.3) is 0 Å². The van der Waals surface area contributed by atoms with E-state index in [1.165, 1.54) is 4.31 Å². The molecule has 1 aromatic carbocycles. The highest BCUT2D eigenvalue weighted by atomic mass is 35.5. The van der Waals surface area contributed by atoms with Gasteiger partial charge in [0.05, 0.1) is 17.1 Å². The predicted molar refractivity (Wildman–Crippen MR) is 74.8 cm³/mol. The maximum absolute atomic E-state index is 12.5. The van der Waals surface area contributed by atoms with Crippen molar-refractivity contribution in [3.8, 4) is 0 Å². The first-order chi connectivity index (χ1) is 8.85. The van der Waals surface area contributed by atoms with Crippen molar-refractivity contribution in [2.45, 2.75) is 30.2 Å². The molecule has 1 saturated heterocycles. The molecule has 0 unspecified atom stereocenters. The van der Waals surface area contributed by atoms with Crippen LogP contribution in [0.3, 0.4) is 0 Å². The minimum absolute atomic E-state index is 0.305. The summed E-state index contributed by atoms with van der Waals surface area (Å²) < 4.78 is 32.0. The molecule has 0 atom stereocenters. The van der Waals surface area contributed by atoms with Gasteiger partial charge in [0, 0.05) is 19.0 Å². The van der Waals surface area contributed by atoms with E-state index in [0.717, 1.165) is 5.56 Å². The average molecular weight is 304 g/mol. The van der Waals surface area contributed by atoms with Crippen LogP contribution in [0, 0.1) is 0 Å². The molecular formula is C13H18ClNO3S. The van der Waals surface area contributed by atoms with Crippen LogP contribution in [-0.4, -0.2) is 38.0 Å². The van der Waals surface area contributed by atoms with Crippen molar-refractivity contribution < 1.29 is 13.2 Å². The lowest BCUT2D eigenvalue weighted by Gasteiger charge is -2.37. The van der Waals surface area contributed by atoms with Crippen LogP contribution < -0.4 is 0 Å². The Morgan fingerprint density at radius 3 is 2.47 bits per heavy atom. The first-order valence-electron chi connectivity index (χ1n) is 6.14. The topological polar surface area (TPSA) is 46.6 Å². The third kappa shape index (κ3) is 3.28. The largest absolute Gasteiger partial charge is 0.373 e. The lowest BCUT2D eigenvalue weighted by atomic mass is 10.1. The fourth-order valence-corrected chi connectivity index (χ4v) is 3.83. The Kier molecular flexibility index (Phi) is 4.20. The zero-order valence-electron chi connectivity index (χ0n) is 11.1. The molecule has 0 N–H and O–H groups in total. The molecular weight excluding hydrogens is 286 g/mol. The number of hydrogen-bond acceptors (Lipinski definition) is 3. The Morgan fingerprint density at radius 1 is 1.32 bits per heavy atom. The Bertz CT molecular complexity index is 540. The average Bonchev–Trinajstić information content (AvgIpc) is 2.37. The number of sulfonamides is 1. The summed E-state index contributed by atoms with van der Waals surface area (Å²) >= 11 is 5.70. The monoisotopic (exact) mass is 303 g/mol. The van der Waals surface area contributed by atoms with Gasteiger partial charge in [-0.15, -0.1) is 11.6 Å². The van der Waals surface area contributed by atoms with Crippen molar-refractivity contribution >= 4 is 21.6 Å². The standard InChI is InChI=1S/C13H18ClNO3S/c1-13(2)10-15(7-8-18-13)19(16,17)12-5-3-11(9-14)4-6-12/h3-6H,7-10H2,1-2H3. The lowest BCUT2D eigenvalue weighted by molar-refractivity contribution is -0.0640. The van der Waals surface area contributed by atoms with E-state index in [0.29, 0.717) is 30.5 Å². The summed E-state index contributed by atoms with van der Waals surface area (Å²) in [6.45, 7) is 4.97. The zero-order valence-corrected chi connectivity index (χ0v) is 12.7. The minimum Gasteiger partial charge on any atom is -0.373 e. The van der Waals surface area contributed by atoms with Gasteiger partial charge in [0.2, 0.25) is 10.0 Å². The number of morpholine rings is 1. The third-order valence-corrected chi connectivity index (χ3v) is 5.27. The number of ether oxygens (including phenoxy) is 1. The van der Waals surface area contributed by atoms with E-state index in [-0.39, 0.29) is 0 Å². The predicted octanol–water partition coefficient (Wildman–Crippen LogP) is 2.22. The number of alkyl halides is 1. The lowest BCUT2D eigenvalue weighted by Crippen LogP contribution is -2.50. The van der Waals surface area contributed by atoms with Gasteiger partial charge >= 0.3 is 0 Å². The maximum Gasteiger partial charge on any atom is 0.243 e. The molecule has 0 aliphatic carbocycles. The summed E-state index contributed by atoms with van der Waals surface area (Å²) in [6.07, 6.45) is 0. The van der Waals surface area contributed by atoms with Crippen molar-refractivity contribution in [2.75, 3.05) is 19.7 Å². The van der Waals surface area contributed by atoms with Crippen molar-refractivity contribution in [1.82, 2.24) is 4.31 Å². The molecule has 0 saturated carbocycles. The first-order valence-corrected chi connectivity index (χ1v) is 8.12. The molecule has 2 rings (SSSR count). The van der Waals surface area contributed by atoms with Crippen LogP contribution in [0.4, 0.5) is 0 Å². The molecule has 0 spiro atoms. The molecule has 106 valence electrons. The number of benzene rings is 1. The highest BCUT2D eigenvalue weighted by Gasteiger charge is 2.34. The van der Waals surface area contributed by atoms with E-state index < -0.39 is 15.6 Å². The van der Waals surface area contributed by atoms with Crippen LogP contribution in [0.5, 0.6) is 0 Å². The second kappa shape index (κ2) is 5.40. The van der Waals surface area contributed by atoms with Crippen LogP contribution in [0.15, 0.2) is 29.2 Å². The van der Waals surface area contributed by atoms with Crippen molar-refractivity contribution in [1.29, 1.82) is 0 Å². The third-order valence-electron chi connectivity index (χ3n) is 3.11. The Labute approximate surface area is 119 Å². The van der Waals surface area contributed by atoms with Crippen LogP contribution in [-0.2, 0) is 20.6 Å². The number of rotatable bonds is 3. The SMILES string of the molecule is CC1(C)CN(S(=O)(=O)c2ccc(CCl)cc2)CCO1. The summed E-state index contributed by atoms with van der Waals surface area (Å²) in [5.41, 5.74) is 0.462. The van der Waals surface area contributed by atoms with Crippen molar-refractivity contribution in [2.24, 2.45) is 0 Å². The van der Waals surface area contributed by atoms with Gasteiger partial charge < -0.3 is 4.74 Å². The number of nitrogens with zero attached hydrogens (tertiary/aromatic N) is 1. The molecule has 0 amide bonds. The fourth-order valence-electron chi connectivity index (χ4n) is 2.08. The van der Waals surface area contributed by atoms with Gasteiger partial charge in [0.1, 0.15) is 0 Å². The molecule has 1 aliphatic rings. The molecule has 19 heavy (non-hydrogen) atoms. The summed E-state index contributed by atoms with van der Waals surface area (Å²) in [5.74, 6) is 0.380. The zero-order chi connectivity index (χ0) is 14.1. The molecule has 1 aliphatic heterocycles. The normalized spacial score (nSPS) is 20.4. The van der Waals surface area contributed by atoms with Gasteiger partial charge in [-0.25, -0.2) is 8.42 Å². The van der Waals surface area contributed by atoms with E-state index in [1.54, 1.807) is 24.3 Å². The van der Waals surface area contributed by atoms with Crippen LogP contribution >= 0.6 is 11.6 Å².